The Kier molecular flexibility index (Phi) is 1.85. The third-order valence-corrected chi connectivity index (χ3v) is 7.25. The first-order valence-electron chi connectivity index (χ1n) is 13.1. The molecule has 0 bridgehead atoms. The molecule has 126 valence electrons. The van der Waals surface area contributed by atoms with Gasteiger partial charge in [0.1, 0.15) is 5.78 Å². The van der Waals surface area contributed by atoms with Crippen molar-refractivity contribution in [2.75, 3.05) is 0 Å². The highest BCUT2D eigenvalue weighted by atomic mass is 16.1. The normalized spacial score (nSPS) is 63.3. The predicted octanol–water partition coefficient (Wildman–Crippen LogP) is 4.72. The van der Waals surface area contributed by atoms with Crippen LogP contribution in [0, 0.1) is 34.5 Å². The fourth-order valence-electron chi connectivity index (χ4n) is 5.98. The summed E-state index contributed by atoms with van der Waals surface area (Å²) in [7, 11) is 0. The maximum atomic E-state index is 12.8. The summed E-state index contributed by atoms with van der Waals surface area (Å²) < 4.78 is 74.1. The van der Waals surface area contributed by atoms with Crippen LogP contribution in [0.3, 0.4) is 0 Å². The van der Waals surface area contributed by atoms with Gasteiger partial charge in [-0.1, -0.05) is 19.4 Å². The number of rotatable bonds is 1. The zero-order valence-electron chi connectivity index (χ0n) is 22.8. The molecule has 3 saturated carbocycles. The zero-order chi connectivity index (χ0) is 24.3. The highest BCUT2D eigenvalue weighted by molar-refractivity contribution is 5.91. The molecule has 6 atom stereocenters. The number of allylic oxidation sites excluding steroid dienone is 1. The molecule has 0 spiro atoms. The summed E-state index contributed by atoms with van der Waals surface area (Å²) in [6.45, 7) is 0.675. The van der Waals surface area contributed by atoms with Crippen LogP contribution in [-0.2, 0) is 9.59 Å². The number of Topliss-reactive ketones (excluding diaryl/α,β-unsaturated/α-hetero) is 1. The SMILES string of the molecule is [2H]C1=C2C([2H])([2H])C[C@@H]3[C@H](CC[C@@]4(C)[C@H]3CC[C@]4([2H])C(=O)C([2H])([2H])[2H])[C@@]2(C)CC([2H])([2H])C1=O. The van der Waals surface area contributed by atoms with Crippen LogP contribution < -0.4 is 0 Å². The van der Waals surface area contributed by atoms with Crippen molar-refractivity contribution in [3.8, 4) is 0 Å². The molecular formula is C21H30O2. The van der Waals surface area contributed by atoms with Gasteiger partial charge in [0.05, 0.1) is 1.37 Å². The second kappa shape index (κ2) is 5.04. The first kappa shape index (κ1) is 8.45. The Hall–Kier alpha value is -0.920. The average molecular weight is 324 g/mol. The Bertz CT molecular complexity index is 923. The van der Waals surface area contributed by atoms with Crippen LogP contribution in [0.15, 0.2) is 11.6 Å². The summed E-state index contributed by atoms with van der Waals surface area (Å²) in [6.07, 6.45) is -2.98. The van der Waals surface area contributed by atoms with E-state index >= 15 is 0 Å². The number of carbonyl (C=O) groups excluding carboxylic acids is 2. The Morgan fingerprint density at radius 3 is 2.87 bits per heavy atom. The molecule has 2 heteroatoms. The van der Waals surface area contributed by atoms with Gasteiger partial charge in [0.25, 0.3) is 0 Å². The lowest BCUT2D eigenvalue weighted by atomic mass is 9.47. The molecule has 4 rings (SSSR count). The summed E-state index contributed by atoms with van der Waals surface area (Å²) >= 11 is 0. The molecule has 4 aliphatic rings. The third-order valence-electron chi connectivity index (χ3n) is 7.25. The highest BCUT2D eigenvalue weighted by Gasteiger charge is 2.59. The summed E-state index contributed by atoms with van der Waals surface area (Å²) in [6, 6.07) is -0.556. The van der Waals surface area contributed by atoms with E-state index in [0.29, 0.717) is 19.3 Å². The van der Waals surface area contributed by atoms with Crippen molar-refractivity contribution in [3.05, 3.63) is 11.6 Å². The van der Waals surface area contributed by atoms with Gasteiger partial charge in [-0.2, -0.15) is 0 Å². The monoisotopic (exact) mass is 323 g/mol. The van der Waals surface area contributed by atoms with Crippen molar-refractivity contribution >= 4 is 11.6 Å². The molecular weight excluding hydrogens is 284 g/mol. The Morgan fingerprint density at radius 1 is 1.26 bits per heavy atom. The molecule has 0 aromatic heterocycles. The number of ketones is 2. The highest BCUT2D eigenvalue weighted by Crippen LogP contribution is 2.66. The second-order valence-corrected chi connectivity index (χ2v) is 8.16. The lowest BCUT2D eigenvalue weighted by Crippen LogP contribution is -2.51. The third kappa shape index (κ3) is 2.06. The fourth-order valence-corrected chi connectivity index (χ4v) is 5.98. The van der Waals surface area contributed by atoms with Gasteiger partial charge < -0.3 is 0 Å². The van der Waals surface area contributed by atoms with Crippen LogP contribution >= 0.6 is 0 Å². The quantitative estimate of drug-likeness (QED) is 0.699. The van der Waals surface area contributed by atoms with Crippen molar-refractivity contribution in [1.82, 2.24) is 0 Å². The molecule has 0 N–H and O–H groups in total. The van der Waals surface area contributed by atoms with Crippen molar-refractivity contribution in [1.29, 1.82) is 0 Å². The number of carbonyl (C=O) groups is 2. The van der Waals surface area contributed by atoms with Crippen LogP contribution in [0.25, 0.3) is 0 Å². The molecule has 0 aromatic rings. The Morgan fingerprint density at radius 2 is 2.09 bits per heavy atom. The molecule has 0 saturated heterocycles. The summed E-state index contributed by atoms with van der Waals surface area (Å²) in [5.41, 5.74) is -1.85. The second-order valence-electron chi connectivity index (χ2n) is 8.16. The van der Waals surface area contributed by atoms with E-state index in [-0.39, 0.29) is 42.6 Å². The van der Waals surface area contributed by atoms with E-state index in [9.17, 15) is 9.59 Å². The van der Waals surface area contributed by atoms with E-state index in [1.54, 1.807) is 13.8 Å². The molecule has 2 nitrogen and oxygen atoms in total. The average Bonchev–Trinajstić information content (AvgIpc) is 2.89. The lowest BCUT2D eigenvalue weighted by molar-refractivity contribution is -0.128. The maximum Gasteiger partial charge on any atom is 0.155 e. The van der Waals surface area contributed by atoms with Gasteiger partial charge >= 0.3 is 0 Å². The van der Waals surface area contributed by atoms with Gasteiger partial charge in [0.15, 0.2) is 5.78 Å². The lowest BCUT2D eigenvalue weighted by Gasteiger charge is -2.58. The van der Waals surface area contributed by atoms with E-state index in [2.05, 4.69) is 0 Å². The van der Waals surface area contributed by atoms with Gasteiger partial charge in [0.2, 0.25) is 0 Å². The van der Waals surface area contributed by atoms with Crippen LogP contribution in [0.2, 0.25) is 0 Å². The van der Waals surface area contributed by atoms with Crippen LogP contribution in [0.5, 0.6) is 0 Å². The fraction of sp³-hybridized carbons (Fsp3) is 0.810. The Labute approximate surface area is 152 Å². The van der Waals surface area contributed by atoms with E-state index in [0.717, 1.165) is 0 Å². The van der Waals surface area contributed by atoms with Crippen LogP contribution in [-0.4, -0.2) is 11.6 Å². The smallest absolute Gasteiger partial charge is 0.155 e. The topological polar surface area (TPSA) is 34.1 Å². The van der Waals surface area contributed by atoms with E-state index in [1.165, 1.54) is 0 Å². The van der Waals surface area contributed by atoms with Gasteiger partial charge in [-0.15, -0.1) is 0 Å². The number of hydrogen-bond donors (Lipinski definition) is 0. The van der Waals surface area contributed by atoms with Crippen molar-refractivity contribution in [2.24, 2.45) is 34.5 Å². The molecule has 23 heavy (non-hydrogen) atoms. The van der Waals surface area contributed by atoms with Crippen LogP contribution in [0.1, 0.15) is 84.3 Å². The molecule has 0 aromatic carbocycles. The minimum Gasteiger partial charge on any atom is -0.300 e. The van der Waals surface area contributed by atoms with Gasteiger partial charge in [-0.25, -0.2) is 0 Å². The molecule has 0 amide bonds. The van der Waals surface area contributed by atoms with E-state index < -0.39 is 53.9 Å². The standard InChI is InChI=1S/C21H30O2/c1-13(22)17-6-7-18-16-5-4-14-12-15(23)8-10-20(14,2)19(16)9-11-21(17,18)3/h12,16-19H,4-11H2,1-3H3/t16-,17+,18-,19-,20-,21+/m0/s1/i1D3,4D2,8D2,12D,17D. The summed E-state index contributed by atoms with van der Waals surface area (Å²) in [5, 5.41) is 0. The molecule has 0 heterocycles. The number of hydrogen-bond acceptors (Lipinski definition) is 2. The summed E-state index contributed by atoms with van der Waals surface area (Å²) in [5.74, 6) is -4.53. The minimum absolute atomic E-state index is 0.0273. The molecule has 0 aliphatic heterocycles. The van der Waals surface area contributed by atoms with Gasteiger partial charge in [-0.05, 0) is 86.4 Å². The van der Waals surface area contributed by atoms with Gasteiger partial charge in [-0.3, -0.25) is 9.59 Å². The molecule has 3 fully saturated rings. The first-order chi connectivity index (χ1) is 14.3. The van der Waals surface area contributed by atoms with Crippen molar-refractivity contribution in [3.63, 3.8) is 0 Å². The maximum absolute atomic E-state index is 12.8. The van der Waals surface area contributed by atoms with E-state index in [1.807, 2.05) is 0 Å². The zero-order valence-corrected chi connectivity index (χ0v) is 13.8. The summed E-state index contributed by atoms with van der Waals surface area (Å²) in [4.78, 5) is 25.3. The largest absolute Gasteiger partial charge is 0.300 e. The Balaban J connectivity index is 1.81. The van der Waals surface area contributed by atoms with Crippen molar-refractivity contribution < 1.29 is 21.9 Å². The van der Waals surface area contributed by atoms with Crippen LogP contribution in [0.4, 0.5) is 0 Å². The number of fused-ring (bicyclic) bond motifs is 5. The molecule has 4 aliphatic carbocycles. The molecule has 0 radical (unpaired) electrons. The predicted molar refractivity (Wildman–Crippen MR) is 90.9 cm³/mol. The van der Waals surface area contributed by atoms with E-state index in [4.69, 9.17) is 12.3 Å². The molecule has 0 unspecified atom stereocenters. The minimum atomic E-state index is -2.88. The first-order valence-corrected chi connectivity index (χ1v) is 8.64. The van der Waals surface area contributed by atoms with Crippen molar-refractivity contribution in [2.45, 2.75) is 72.0 Å². The van der Waals surface area contributed by atoms with Gasteiger partial charge in [0, 0.05) is 23.2 Å².